The minimum Gasteiger partial charge on any atom is -0.487 e. The maximum Gasteiger partial charge on any atom is 0.264 e. The van der Waals surface area contributed by atoms with Crippen molar-refractivity contribution in [1.29, 1.82) is 0 Å². The summed E-state index contributed by atoms with van der Waals surface area (Å²) in [6.45, 7) is 0.312. The molecule has 1 aromatic heterocycles. The first-order valence-electron chi connectivity index (χ1n) is 9.41. The molecule has 8 heteroatoms. The second-order valence-electron chi connectivity index (χ2n) is 6.72. The molecule has 0 atom stereocenters. The van der Waals surface area contributed by atoms with Crippen LogP contribution in [-0.4, -0.2) is 20.4 Å². The van der Waals surface area contributed by atoms with Crippen LogP contribution < -0.4 is 9.04 Å². The van der Waals surface area contributed by atoms with Gasteiger partial charge in [-0.25, -0.2) is 17.8 Å². The van der Waals surface area contributed by atoms with E-state index in [0.717, 1.165) is 32.7 Å². The lowest BCUT2D eigenvalue weighted by atomic mass is 10.2. The number of halogens is 1. The summed E-state index contributed by atoms with van der Waals surface area (Å²) in [7, 11) is -2.33. The van der Waals surface area contributed by atoms with Crippen molar-refractivity contribution in [2.45, 2.75) is 11.5 Å². The molecule has 0 N–H and O–H groups in total. The molecular formula is C23H19FN2O3S2. The predicted molar refractivity (Wildman–Crippen MR) is 120 cm³/mol. The summed E-state index contributed by atoms with van der Waals surface area (Å²) < 4.78 is 45.5. The van der Waals surface area contributed by atoms with Crippen LogP contribution in [0.5, 0.6) is 5.75 Å². The number of hydrogen-bond donors (Lipinski definition) is 0. The van der Waals surface area contributed by atoms with Crippen molar-refractivity contribution < 1.29 is 17.5 Å². The van der Waals surface area contributed by atoms with E-state index in [0.29, 0.717) is 18.0 Å². The first-order valence-corrected chi connectivity index (χ1v) is 11.7. The number of hydrogen-bond acceptors (Lipinski definition) is 5. The summed E-state index contributed by atoms with van der Waals surface area (Å²) >= 11 is 1.56. The fraction of sp³-hybridized carbons (Fsp3) is 0.0870. The number of ether oxygens (including phenoxy) is 1. The molecule has 4 rings (SSSR count). The van der Waals surface area contributed by atoms with Crippen molar-refractivity contribution in [2.75, 3.05) is 11.4 Å². The standard InChI is InChI=1S/C23H19FN2O3S2/c1-26(31(27,28)22-13-7-18(24)8-14-22)20-9-11-21(12-10-20)29-15-19-16-30-23(25-19)17-5-3-2-4-6-17/h2-14,16H,15H2,1H3. The second kappa shape index (κ2) is 8.87. The van der Waals surface area contributed by atoms with Gasteiger partial charge in [-0.05, 0) is 48.5 Å². The first-order chi connectivity index (χ1) is 14.9. The zero-order valence-electron chi connectivity index (χ0n) is 16.6. The number of thiazole rings is 1. The topological polar surface area (TPSA) is 59.5 Å². The van der Waals surface area contributed by atoms with E-state index in [4.69, 9.17) is 4.74 Å². The van der Waals surface area contributed by atoms with Gasteiger partial charge in [0, 0.05) is 18.0 Å². The molecule has 158 valence electrons. The van der Waals surface area contributed by atoms with Gasteiger partial charge in [-0.3, -0.25) is 4.31 Å². The predicted octanol–water partition coefficient (Wildman–Crippen LogP) is 5.35. The molecule has 0 unspecified atom stereocenters. The van der Waals surface area contributed by atoms with Crippen LogP contribution in [0.4, 0.5) is 10.1 Å². The summed E-state index contributed by atoms with van der Waals surface area (Å²) in [4.78, 5) is 4.62. The molecule has 0 bridgehead atoms. The molecular weight excluding hydrogens is 435 g/mol. The fourth-order valence-corrected chi connectivity index (χ4v) is 4.91. The number of sulfonamides is 1. The lowest BCUT2D eigenvalue weighted by Crippen LogP contribution is -2.26. The van der Waals surface area contributed by atoms with Crippen molar-refractivity contribution in [3.8, 4) is 16.3 Å². The molecule has 0 saturated heterocycles. The van der Waals surface area contributed by atoms with Crippen LogP contribution in [0.2, 0.25) is 0 Å². The molecule has 0 aliphatic rings. The number of aromatic nitrogens is 1. The van der Waals surface area contributed by atoms with Crippen LogP contribution >= 0.6 is 11.3 Å². The molecule has 3 aromatic carbocycles. The van der Waals surface area contributed by atoms with Gasteiger partial charge in [0.2, 0.25) is 0 Å². The smallest absolute Gasteiger partial charge is 0.264 e. The zero-order valence-corrected chi connectivity index (χ0v) is 18.2. The van der Waals surface area contributed by atoms with Gasteiger partial charge in [0.1, 0.15) is 23.2 Å². The fourth-order valence-electron chi connectivity index (χ4n) is 2.90. The molecule has 0 aliphatic heterocycles. The van der Waals surface area contributed by atoms with E-state index in [1.165, 1.54) is 19.2 Å². The summed E-state index contributed by atoms with van der Waals surface area (Å²) in [5, 5.41) is 2.89. The van der Waals surface area contributed by atoms with Gasteiger partial charge in [0.25, 0.3) is 10.0 Å². The van der Waals surface area contributed by atoms with E-state index < -0.39 is 15.8 Å². The SMILES string of the molecule is CN(c1ccc(OCc2csc(-c3ccccc3)n2)cc1)S(=O)(=O)c1ccc(F)cc1. The number of benzene rings is 3. The molecule has 0 spiro atoms. The normalized spacial score (nSPS) is 11.3. The maximum absolute atomic E-state index is 13.1. The zero-order chi connectivity index (χ0) is 21.8. The van der Waals surface area contributed by atoms with E-state index in [9.17, 15) is 12.8 Å². The van der Waals surface area contributed by atoms with Crippen LogP contribution in [0.25, 0.3) is 10.6 Å². The third kappa shape index (κ3) is 4.76. The maximum atomic E-state index is 13.1. The summed E-state index contributed by atoms with van der Waals surface area (Å²) in [6.07, 6.45) is 0. The molecule has 1 heterocycles. The first kappa shape index (κ1) is 21.0. The van der Waals surface area contributed by atoms with Crippen LogP contribution in [0, 0.1) is 5.82 Å². The average molecular weight is 455 g/mol. The van der Waals surface area contributed by atoms with Crippen molar-refractivity contribution in [1.82, 2.24) is 4.98 Å². The van der Waals surface area contributed by atoms with Crippen LogP contribution in [0.15, 0.2) is 89.1 Å². The molecule has 5 nitrogen and oxygen atoms in total. The third-order valence-electron chi connectivity index (χ3n) is 4.63. The molecule has 0 fully saturated rings. The molecule has 0 aliphatic carbocycles. The van der Waals surface area contributed by atoms with Gasteiger partial charge in [0.15, 0.2) is 0 Å². The van der Waals surface area contributed by atoms with Gasteiger partial charge in [0.05, 0.1) is 16.3 Å². The Morgan fingerprint density at radius 1 is 0.968 bits per heavy atom. The highest BCUT2D eigenvalue weighted by Gasteiger charge is 2.21. The van der Waals surface area contributed by atoms with Gasteiger partial charge < -0.3 is 4.74 Å². The molecule has 4 aromatic rings. The number of anilines is 1. The monoisotopic (exact) mass is 454 g/mol. The average Bonchev–Trinajstić information content (AvgIpc) is 3.27. The lowest BCUT2D eigenvalue weighted by Gasteiger charge is -2.19. The van der Waals surface area contributed by atoms with Crippen molar-refractivity contribution in [3.05, 3.63) is 95.8 Å². The van der Waals surface area contributed by atoms with E-state index in [1.807, 2.05) is 35.7 Å². The second-order valence-corrected chi connectivity index (χ2v) is 9.55. The molecule has 0 amide bonds. The summed E-state index contributed by atoms with van der Waals surface area (Å²) in [5.74, 6) is 0.115. The molecule has 31 heavy (non-hydrogen) atoms. The number of rotatable bonds is 7. The molecule has 0 radical (unpaired) electrons. The van der Waals surface area contributed by atoms with E-state index in [2.05, 4.69) is 4.98 Å². The Labute approximate surface area is 184 Å². The van der Waals surface area contributed by atoms with Crippen molar-refractivity contribution >= 4 is 27.0 Å². The Morgan fingerprint density at radius 2 is 1.65 bits per heavy atom. The van der Waals surface area contributed by atoms with E-state index >= 15 is 0 Å². The quantitative estimate of drug-likeness (QED) is 0.378. The van der Waals surface area contributed by atoms with Crippen molar-refractivity contribution in [3.63, 3.8) is 0 Å². The Hall–Kier alpha value is -3.23. The third-order valence-corrected chi connectivity index (χ3v) is 7.37. The minimum atomic E-state index is -3.78. The summed E-state index contributed by atoms with van der Waals surface area (Å²) in [5.41, 5.74) is 2.36. The van der Waals surface area contributed by atoms with E-state index in [-0.39, 0.29) is 4.90 Å². The highest BCUT2D eigenvalue weighted by Crippen LogP contribution is 2.26. The van der Waals surface area contributed by atoms with Gasteiger partial charge in [-0.15, -0.1) is 11.3 Å². The minimum absolute atomic E-state index is 0.0227. The van der Waals surface area contributed by atoms with Crippen LogP contribution in [0.3, 0.4) is 0 Å². The number of nitrogens with zero attached hydrogens (tertiary/aromatic N) is 2. The highest BCUT2D eigenvalue weighted by molar-refractivity contribution is 7.92. The van der Waals surface area contributed by atoms with Crippen molar-refractivity contribution in [2.24, 2.45) is 0 Å². The molecule has 0 saturated carbocycles. The Kier molecular flexibility index (Phi) is 6.01. The Bertz CT molecular complexity index is 1260. The Morgan fingerprint density at radius 3 is 2.32 bits per heavy atom. The largest absolute Gasteiger partial charge is 0.487 e. The van der Waals surface area contributed by atoms with Crippen LogP contribution in [0.1, 0.15) is 5.69 Å². The highest BCUT2D eigenvalue weighted by atomic mass is 32.2. The summed E-state index contributed by atoms with van der Waals surface area (Å²) in [6, 6.07) is 21.4. The van der Waals surface area contributed by atoms with E-state index in [1.54, 1.807) is 35.6 Å². The Balaban J connectivity index is 1.41. The van der Waals surface area contributed by atoms with Gasteiger partial charge >= 0.3 is 0 Å². The van der Waals surface area contributed by atoms with Gasteiger partial charge in [-0.1, -0.05) is 30.3 Å². The van der Waals surface area contributed by atoms with Crippen LogP contribution in [-0.2, 0) is 16.6 Å². The lowest BCUT2D eigenvalue weighted by molar-refractivity contribution is 0.302. The van der Waals surface area contributed by atoms with Gasteiger partial charge in [-0.2, -0.15) is 0 Å².